The zero-order valence-corrected chi connectivity index (χ0v) is 12.8. The fraction of sp³-hybridized carbons (Fsp3) is 0. The molecule has 0 bridgehead atoms. The van der Waals surface area contributed by atoms with Gasteiger partial charge < -0.3 is 25.5 Å². The number of aromatic hydroxyl groups is 5. The van der Waals surface area contributed by atoms with Gasteiger partial charge in [-0.25, -0.2) is 0 Å². The Morgan fingerprint density at radius 1 is 0.600 bits per heavy atom. The number of hydrogen-bond donors (Lipinski definition) is 5. The van der Waals surface area contributed by atoms with Crippen LogP contribution < -0.4 is 0 Å². The number of phenols is 5. The van der Waals surface area contributed by atoms with Gasteiger partial charge in [0.15, 0.2) is 17.3 Å². The first-order valence-corrected chi connectivity index (χ1v) is 7.31. The third-order valence-electron chi connectivity index (χ3n) is 3.85. The molecular weight excluding hydrogens is 324 g/mol. The van der Waals surface area contributed by atoms with Crippen LogP contribution in [0.1, 0.15) is 15.9 Å². The SMILES string of the molecule is O=C(c1ccccc1)c1ccccc1-c1c(O)c(O)c(O)c(O)c1O. The van der Waals surface area contributed by atoms with Crippen molar-refractivity contribution >= 4 is 5.78 Å². The average Bonchev–Trinajstić information content (AvgIpc) is 2.65. The predicted octanol–water partition coefficient (Wildman–Crippen LogP) is 3.11. The van der Waals surface area contributed by atoms with E-state index in [4.69, 9.17) is 0 Å². The second-order valence-corrected chi connectivity index (χ2v) is 5.36. The van der Waals surface area contributed by atoms with E-state index in [1.54, 1.807) is 42.5 Å². The molecule has 0 aliphatic carbocycles. The van der Waals surface area contributed by atoms with Crippen LogP contribution in [0.3, 0.4) is 0 Å². The summed E-state index contributed by atoms with van der Waals surface area (Å²) in [4.78, 5) is 12.8. The topological polar surface area (TPSA) is 118 Å². The molecule has 0 aromatic heterocycles. The molecule has 3 aromatic carbocycles. The maximum absolute atomic E-state index is 12.8. The average molecular weight is 338 g/mol. The van der Waals surface area contributed by atoms with Gasteiger partial charge in [-0.15, -0.1) is 0 Å². The van der Waals surface area contributed by atoms with Crippen molar-refractivity contribution in [2.24, 2.45) is 0 Å². The van der Waals surface area contributed by atoms with Crippen LogP contribution in [0.25, 0.3) is 11.1 Å². The molecule has 0 saturated carbocycles. The Labute approximate surface area is 142 Å². The molecule has 0 amide bonds. The van der Waals surface area contributed by atoms with Crippen molar-refractivity contribution < 1.29 is 30.3 Å². The summed E-state index contributed by atoms with van der Waals surface area (Å²) < 4.78 is 0. The second kappa shape index (κ2) is 6.09. The van der Waals surface area contributed by atoms with Gasteiger partial charge in [0.25, 0.3) is 0 Å². The summed E-state index contributed by atoms with van der Waals surface area (Å²) in [7, 11) is 0. The number of rotatable bonds is 3. The van der Waals surface area contributed by atoms with Crippen LogP contribution in [0.4, 0.5) is 0 Å². The standard InChI is InChI=1S/C19H14O6/c20-14(10-6-2-1-3-7-10)12-9-5-4-8-11(12)13-15(21)17(23)19(25)18(24)16(13)22/h1-9,21-25H. The Balaban J connectivity index is 2.27. The van der Waals surface area contributed by atoms with Crippen LogP contribution in [0, 0.1) is 0 Å². The fourth-order valence-corrected chi connectivity index (χ4v) is 2.58. The number of carbonyl (C=O) groups is 1. The van der Waals surface area contributed by atoms with Crippen LogP contribution in [0.2, 0.25) is 0 Å². The van der Waals surface area contributed by atoms with E-state index < -0.39 is 28.7 Å². The molecule has 3 aromatic rings. The van der Waals surface area contributed by atoms with Gasteiger partial charge in [-0.2, -0.15) is 0 Å². The Hall–Kier alpha value is -3.67. The lowest BCUT2D eigenvalue weighted by atomic mass is 9.92. The van der Waals surface area contributed by atoms with Gasteiger partial charge >= 0.3 is 0 Å². The molecule has 3 rings (SSSR count). The minimum Gasteiger partial charge on any atom is -0.504 e. The Morgan fingerprint density at radius 2 is 1.08 bits per heavy atom. The minimum absolute atomic E-state index is 0.0944. The third-order valence-corrected chi connectivity index (χ3v) is 3.85. The molecule has 25 heavy (non-hydrogen) atoms. The Kier molecular flexibility index (Phi) is 3.94. The Bertz CT molecular complexity index is 934. The second-order valence-electron chi connectivity index (χ2n) is 5.36. The molecule has 0 atom stereocenters. The van der Waals surface area contributed by atoms with Crippen molar-refractivity contribution in [3.05, 3.63) is 65.7 Å². The van der Waals surface area contributed by atoms with Gasteiger partial charge in [-0.3, -0.25) is 4.79 Å². The van der Waals surface area contributed by atoms with Crippen molar-refractivity contribution in [2.75, 3.05) is 0 Å². The summed E-state index contributed by atoms with van der Waals surface area (Å²) in [6, 6.07) is 14.5. The van der Waals surface area contributed by atoms with E-state index in [2.05, 4.69) is 0 Å². The van der Waals surface area contributed by atoms with E-state index in [0.717, 1.165) is 0 Å². The molecule has 5 N–H and O–H groups in total. The molecule has 6 nitrogen and oxygen atoms in total. The van der Waals surface area contributed by atoms with E-state index in [1.807, 2.05) is 0 Å². The summed E-state index contributed by atoms with van der Waals surface area (Å²) in [5.74, 6) is -5.10. The lowest BCUT2D eigenvalue weighted by Crippen LogP contribution is -2.03. The normalized spacial score (nSPS) is 10.6. The molecule has 0 aliphatic heterocycles. The molecule has 0 aliphatic rings. The smallest absolute Gasteiger partial charge is 0.208 e. The van der Waals surface area contributed by atoms with Crippen molar-refractivity contribution in [2.45, 2.75) is 0 Å². The van der Waals surface area contributed by atoms with Crippen LogP contribution in [0.15, 0.2) is 54.6 Å². The van der Waals surface area contributed by atoms with E-state index in [-0.39, 0.29) is 22.5 Å². The maximum Gasteiger partial charge on any atom is 0.208 e. The summed E-state index contributed by atoms with van der Waals surface area (Å²) >= 11 is 0. The monoisotopic (exact) mass is 338 g/mol. The van der Waals surface area contributed by atoms with Gasteiger partial charge in [0, 0.05) is 16.7 Å². The lowest BCUT2D eigenvalue weighted by molar-refractivity contribution is 0.103. The highest BCUT2D eigenvalue weighted by Crippen LogP contribution is 2.55. The van der Waals surface area contributed by atoms with Gasteiger partial charge in [-0.05, 0) is 0 Å². The van der Waals surface area contributed by atoms with Crippen molar-refractivity contribution in [1.29, 1.82) is 0 Å². The summed E-state index contributed by atoms with van der Waals surface area (Å²) in [5.41, 5.74) is 0.273. The van der Waals surface area contributed by atoms with Crippen molar-refractivity contribution in [1.82, 2.24) is 0 Å². The highest BCUT2D eigenvalue weighted by atomic mass is 16.4. The molecule has 0 spiro atoms. The highest BCUT2D eigenvalue weighted by molar-refractivity contribution is 6.13. The van der Waals surface area contributed by atoms with Crippen LogP contribution >= 0.6 is 0 Å². The van der Waals surface area contributed by atoms with Crippen LogP contribution in [-0.4, -0.2) is 31.3 Å². The quantitative estimate of drug-likeness (QED) is 0.284. The van der Waals surface area contributed by atoms with Gasteiger partial charge in [0.05, 0.1) is 5.56 Å². The Morgan fingerprint density at radius 3 is 1.68 bits per heavy atom. The number of hydrogen-bond acceptors (Lipinski definition) is 6. The van der Waals surface area contributed by atoms with E-state index >= 15 is 0 Å². The first-order chi connectivity index (χ1) is 11.9. The van der Waals surface area contributed by atoms with Gasteiger partial charge in [0.1, 0.15) is 0 Å². The first-order valence-electron chi connectivity index (χ1n) is 7.31. The zero-order valence-electron chi connectivity index (χ0n) is 12.8. The molecular formula is C19H14O6. The fourth-order valence-electron chi connectivity index (χ4n) is 2.58. The summed E-state index contributed by atoms with van der Waals surface area (Å²) in [6.07, 6.45) is 0. The molecule has 0 unspecified atom stereocenters. The summed E-state index contributed by atoms with van der Waals surface area (Å²) in [5, 5.41) is 49.2. The van der Waals surface area contributed by atoms with Crippen molar-refractivity contribution in [3.63, 3.8) is 0 Å². The number of carbonyl (C=O) groups excluding carboxylic acids is 1. The van der Waals surface area contributed by atoms with Crippen LogP contribution in [0.5, 0.6) is 28.7 Å². The number of ketones is 1. The van der Waals surface area contributed by atoms with Crippen LogP contribution in [-0.2, 0) is 0 Å². The van der Waals surface area contributed by atoms with E-state index in [1.165, 1.54) is 12.1 Å². The molecule has 0 saturated heterocycles. The first kappa shape index (κ1) is 16.2. The molecule has 0 heterocycles. The molecule has 6 heteroatoms. The predicted molar refractivity (Wildman–Crippen MR) is 90.1 cm³/mol. The lowest BCUT2D eigenvalue weighted by Gasteiger charge is -2.15. The van der Waals surface area contributed by atoms with Gasteiger partial charge in [-0.1, -0.05) is 54.6 Å². The summed E-state index contributed by atoms with van der Waals surface area (Å²) in [6.45, 7) is 0. The molecule has 0 fully saturated rings. The van der Waals surface area contributed by atoms with E-state index in [0.29, 0.717) is 5.56 Å². The van der Waals surface area contributed by atoms with Crippen molar-refractivity contribution in [3.8, 4) is 39.9 Å². The van der Waals surface area contributed by atoms with Gasteiger partial charge in [0.2, 0.25) is 17.2 Å². The van der Waals surface area contributed by atoms with E-state index in [9.17, 15) is 30.3 Å². The third kappa shape index (κ3) is 2.59. The molecule has 126 valence electrons. The zero-order chi connectivity index (χ0) is 18.1. The minimum atomic E-state index is -1.05. The largest absolute Gasteiger partial charge is 0.504 e. The number of benzene rings is 3. The highest BCUT2D eigenvalue weighted by Gasteiger charge is 2.27. The number of phenolic OH excluding ortho intramolecular Hbond substituents is 5. The molecule has 0 radical (unpaired) electrons. The maximum atomic E-state index is 12.8.